The lowest BCUT2D eigenvalue weighted by Crippen LogP contribution is -2.44. The molecule has 2 unspecified atom stereocenters. The van der Waals surface area contributed by atoms with Crippen LogP contribution in [-0.2, 0) is 10.0 Å². The highest BCUT2D eigenvalue weighted by atomic mass is 32.2. The molecular formula is C15H23NO4S. The first-order valence-corrected chi connectivity index (χ1v) is 8.56. The van der Waals surface area contributed by atoms with Gasteiger partial charge in [0.1, 0.15) is 0 Å². The number of carboxylic acids is 1. The molecule has 1 aromatic carbocycles. The topological polar surface area (TPSA) is 74.7 Å². The first-order chi connectivity index (χ1) is 9.75. The maximum absolute atomic E-state index is 12.8. The normalized spacial score (nSPS) is 14.9. The Morgan fingerprint density at radius 2 is 1.52 bits per heavy atom. The minimum Gasteiger partial charge on any atom is -0.478 e. The Morgan fingerprint density at radius 1 is 1.10 bits per heavy atom. The Bertz CT molecular complexity index is 570. The molecule has 21 heavy (non-hydrogen) atoms. The minimum absolute atomic E-state index is 0.0765. The van der Waals surface area contributed by atoms with Gasteiger partial charge in [0.25, 0.3) is 0 Å². The monoisotopic (exact) mass is 313 g/mol. The molecule has 2 atom stereocenters. The summed E-state index contributed by atoms with van der Waals surface area (Å²) >= 11 is 0. The summed E-state index contributed by atoms with van der Waals surface area (Å²) in [7, 11) is -3.63. The first-order valence-electron chi connectivity index (χ1n) is 7.12. The van der Waals surface area contributed by atoms with Crippen LogP contribution in [0.4, 0.5) is 0 Å². The predicted molar refractivity (Wildman–Crippen MR) is 81.9 cm³/mol. The summed E-state index contributed by atoms with van der Waals surface area (Å²) in [6.45, 7) is 7.66. The second-order valence-electron chi connectivity index (χ2n) is 5.18. The van der Waals surface area contributed by atoms with Crippen molar-refractivity contribution in [2.24, 2.45) is 0 Å². The molecule has 0 fully saturated rings. The van der Waals surface area contributed by atoms with Crippen LogP contribution in [0.25, 0.3) is 0 Å². The number of benzene rings is 1. The molecule has 1 rings (SSSR count). The van der Waals surface area contributed by atoms with E-state index in [9.17, 15) is 13.2 Å². The Balaban J connectivity index is 3.25. The van der Waals surface area contributed by atoms with E-state index in [4.69, 9.17) is 5.11 Å². The molecule has 0 spiro atoms. The zero-order chi connectivity index (χ0) is 16.2. The van der Waals surface area contributed by atoms with Gasteiger partial charge in [-0.05, 0) is 51.0 Å². The molecule has 1 aromatic rings. The molecule has 0 heterocycles. The Labute approximate surface area is 126 Å². The van der Waals surface area contributed by atoms with E-state index in [1.807, 2.05) is 27.7 Å². The predicted octanol–water partition coefficient (Wildman–Crippen LogP) is 2.97. The average Bonchev–Trinajstić information content (AvgIpc) is 2.46. The molecule has 1 N–H and O–H groups in total. The smallest absolute Gasteiger partial charge is 0.335 e. The zero-order valence-corrected chi connectivity index (χ0v) is 13.7. The van der Waals surface area contributed by atoms with E-state index in [0.29, 0.717) is 0 Å². The van der Waals surface area contributed by atoms with E-state index in [-0.39, 0.29) is 22.5 Å². The van der Waals surface area contributed by atoms with E-state index < -0.39 is 16.0 Å². The number of carbonyl (C=O) groups is 1. The van der Waals surface area contributed by atoms with Crippen molar-refractivity contribution in [2.75, 3.05) is 0 Å². The van der Waals surface area contributed by atoms with E-state index >= 15 is 0 Å². The molecule has 0 saturated carbocycles. The zero-order valence-electron chi connectivity index (χ0n) is 12.9. The van der Waals surface area contributed by atoms with Gasteiger partial charge in [-0.3, -0.25) is 0 Å². The van der Waals surface area contributed by atoms with Crippen LogP contribution >= 0.6 is 0 Å². The molecule has 6 heteroatoms. The average molecular weight is 313 g/mol. The quantitative estimate of drug-likeness (QED) is 0.839. The Hall–Kier alpha value is -1.40. The van der Waals surface area contributed by atoms with Gasteiger partial charge in [-0.2, -0.15) is 4.31 Å². The van der Waals surface area contributed by atoms with Crippen LogP contribution in [0.5, 0.6) is 0 Å². The maximum Gasteiger partial charge on any atom is 0.335 e. The number of sulfonamides is 1. The summed E-state index contributed by atoms with van der Waals surface area (Å²) in [5.74, 6) is -1.07. The van der Waals surface area contributed by atoms with Crippen LogP contribution < -0.4 is 0 Å². The van der Waals surface area contributed by atoms with Crippen molar-refractivity contribution in [2.45, 2.75) is 57.5 Å². The minimum atomic E-state index is -3.63. The number of nitrogens with zero attached hydrogens (tertiary/aromatic N) is 1. The van der Waals surface area contributed by atoms with E-state index in [1.54, 1.807) is 0 Å². The molecule has 5 nitrogen and oxygen atoms in total. The summed E-state index contributed by atoms with van der Waals surface area (Å²) in [4.78, 5) is 11.0. The van der Waals surface area contributed by atoms with Crippen molar-refractivity contribution >= 4 is 16.0 Å². The third-order valence-corrected chi connectivity index (χ3v) is 5.87. The molecule has 0 aliphatic heterocycles. The lowest BCUT2D eigenvalue weighted by atomic mass is 10.2. The van der Waals surface area contributed by atoms with Crippen molar-refractivity contribution in [3.63, 3.8) is 0 Å². The summed E-state index contributed by atoms with van der Waals surface area (Å²) in [6, 6.07) is 5.14. The van der Waals surface area contributed by atoms with Crippen molar-refractivity contribution in [1.82, 2.24) is 4.31 Å². The van der Waals surface area contributed by atoms with E-state index in [1.165, 1.54) is 28.6 Å². The van der Waals surface area contributed by atoms with Gasteiger partial charge < -0.3 is 5.11 Å². The molecule has 118 valence electrons. The van der Waals surface area contributed by atoms with E-state index in [2.05, 4.69) is 0 Å². The molecule has 0 aliphatic rings. The summed E-state index contributed by atoms with van der Waals surface area (Å²) in [6.07, 6.45) is 1.44. The number of aromatic carboxylic acids is 1. The summed E-state index contributed by atoms with van der Waals surface area (Å²) in [5, 5.41) is 8.88. The largest absolute Gasteiger partial charge is 0.478 e. The van der Waals surface area contributed by atoms with Gasteiger partial charge in [-0.1, -0.05) is 13.8 Å². The van der Waals surface area contributed by atoms with E-state index in [0.717, 1.165) is 12.8 Å². The Kier molecular flexibility index (Phi) is 5.92. The lowest BCUT2D eigenvalue weighted by molar-refractivity contribution is 0.0696. The first kappa shape index (κ1) is 17.7. The number of rotatable bonds is 7. The number of hydrogen-bond donors (Lipinski definition) is 1. The highest BCUT2D eigenvalue weighted by molar-refractivity contribution is 7.89. The van der Waals surface area contributed by atoms with Crippen LogP contribution in [0, 0.1) is 0 Å². The fraction of sp³-hybridized carbons (Fsp3) is 0.533. The second kappa shape index (κ2) is 7.04. The van der Waals surface area contributed by atoms with Crippen molar-refractivity contribution in [1.29, 1.82) is 0 Å². The lowest BCUT2D eigenvalue weighted by Gasteiger charge is -2.32. The molecule has 0 amide bonds. The van der Waals surface area contributed by atoms with Gasteiger partial charge in [0, 0.05) is 12.1 Å². The van der Waals surface area contributed by atoms with Gasteiger partial charge in [0.2, 0.25) is 10.0 Å². The number of carboxylic acid groups (broad SMARTS) is 1. The standard InChI is InChI=1S/C15H23NO4S/c1-5-11(3)16(12(4)6-2)21(19,20)14-9-7-13(8-10-14)15(17)18/h7-12H,5-6H2,1-4H3,(H,17,18). The van der Waals surface area contributed by atoms with Crippen LogP contribution in [0.3, 0.4) is 0 Å². The van der Waals surface area contributed by atoms with Crippen LogP contribution in [0.2, 0.25) is 0 Å². The van der Waals surface area contributed by atoms with Crippen LogP contribution in [-0.4, -0.2) is 35.9 Å². The molecule has 0 saturated heterocycles. The van der Waals surface area contributed by atoms with Crippen LogP contribution in [0.1, 0.15) is 50.9 Å². The third-order valence-electron chi connectivity index (χ3n) is 3.73. The van der Waals surface area contributed by atoms with Crippen LogP contribution in [0.15, 0.2) is 29.2 Å². The van der Waals surface area contributed by atoms with Crippen molar-refractivity contribution in [3.8, 4) is 0 Å². The van der Waals surface area contributed by atoms with Gasteiger partial charge in [0.15, 0.2) is 0 Å². The van der Waals surface area contributed by atoms with Crippen molar-refractivity contribution < 1.29 is 18.3 Å². The van der Waals surface area contributed by atoms with Gasteiger partial charge in [-0.15, -0.1) is 0 Å². The maximum atomic E-state index is 12.8. The third kappa shape index (κ3) is 3.83. The molecular weight excluding hydrogens is 290 g/mol. The fourth-order valence-corrected chi connectivity index (χ4v) is 4.13. The summed E-state index contributed by atoms with van der Waals surface area (Å²) < 4.78 is 27.1. The second-order valence-corrected chi connectivity index (χ2v) is 7.02. The molecule has 0 radical (unpaired) electrons. The fourth-order valence-electron chi connectivity index (χ4n) is 2.16. The molecule has 0 bridgehead atoms. The number of hydrogen-bond acceptors (Lipinski definition) is 3. The van der Waals surface area contributed by atoms with Gasteiger partial charge in [-0.25, -0.2) is 13.2 Å². The SMILES string of the molecule is CCC(C)N(C(C)CC)S(=O)(=O)c1ccc(C(=O)O)cc1. The van der Waals surface area contributed by atoms with Gasteiger partial charge in [0.05, 0.1) is 10.5 Å². The van der Waals surface area contributed by atoms with Crippen molar-refractivity contribution in [3.05, 3.63) is 29.8 Å². The van der Waals surface area contributed by atoms with Gasteiger partial charge >= 0.3 is 5.97 Å². The molecule has 0 aliphatic carbocycles. The molecule has 0 aromatic heterocycles. The summed E-state index contributed by atoms with van der Waals surface area (Å²) in [5.41, 5.74) is 0.0765. The Morgan fingerprint density at radius 3 is 1.86 bits per heavy atom. The highest BCUT2D eigenvalue weighted by Gasteiger charge is 2.31. The highest BCUT2D eigenvalue weighted by Crippen LogP contribution is 2.24.